The molecule has 1 saturated carbocycles. The largest absolute Gasteiger partial charge is 1.00 e. The van der Waals surface area contributed by atoms with Crippen LogP contribution in [0.25, 0.3) is 0 Å². The molecule has 0 bridgehead atoms. The van der Waals surface area contributed by atoms with Crippen molar-refractivity contribution in [3.05, 3.63) is 58.7 Å². The van der Waals surface area contributed by atoms with Crippen LogP contribution in [0.1, 0.15) is 60.8 Å². The van der Waals surface area contributed by atoms with Gasteiger partial charge in [0.05, 0.1) is 22.9 Å². The first kappa shape index (κ1) is 33.0. The van der Waals surface area contributed by atoms with Gasteiger partial charge in [-0.1, -0.05) is 13.0 Å². The molecule has 3 atom stereocenters. The number of carbonyl (C=O) groups is 1. The Morgan fingerprint density at radius 3 is 2.24 bits per heavy atom. The minimum Gasteiger partial charge on any atom is -0.550 e. The number of fused-ring (bicyclic) bond motifs is 1. The van der Waals surface area contributed by atoms with Crippen LogP contribution in [0.15, 0.2) is 36.4 Å². The summed E-state index contributed by atoms with van der Waals surface area (Å²) < 4.78 is 86.4. The molecule has 0 spiro atoms. The van der Waals surface area contributed by atoms with Crippen LogP contribution in [0.2, 0.25) is 0 Å². The van der Waals surface area contributed by atoms with Crippen molar-refractivity contribution in [3.8, 4) is 5.75 Å². The molecule has 42 heavy (non-hydrogen) atoms. The normalized spacial score (nSPS) is 21.6. The molecule has 5 rings (SSSR count). The van der Waals surface area contributed by atoms with E-state index in [-0.39, 0.29) is 59.5 Å². The number of aliphatic carboxylic acids is 1. The molecular weight excluding hydrogens is 573 g/mol. The maximum atomic E-state index is 13.6. The zero-order valence-corrected chi connectivity index (χ0v) is 25.9. The number of likely N-dealkylation sites (N-methyl/N-ethyl adjacent to an activating group) is 1. The molecule has 2 aliphatic heterocycles. The second kappa shape index (κ2) is 12.6. The first-order chi connectivity index (χ1) is 19.2. The maximum absolute atomic E-state index is 13.6. The number of nitrogens with zero attached hydrogens (tertiary/aromatic N) is 2. The predicted molar refractivity (Wildman–Crippen MR) is 138 cm³/mol. The third kappa shape index (κ3) is 7.05. The molecule has 1 saturated heterocycles. The van der Waals surface area contributed by atoms with Gasteiger partial charge in [-0.05, 0) is 98.0 Å². The third-order valence-corrected chi connectivity index (χ3v) is 9.00. The van der Waals surface area contributed by atoms with E-state index in [1.165, 1.54) is 0 Å². The molecule has 0 aromatic heterocycles. The number of likely N-dealkylation sites (tertiary alicyclic amines) is 1. The number of ether oxygens (including phenoxy) is 1. The van der Waals surface area contributed by atoms with Gasteiger partial charge in [-0.3, -0.25) is 4.90 Å². The molecule has 2 fully saturated rings. The number of benzene rings is 2. The Bertz CT molecular complexity index is 1270. The average molecular weight is 607 g/mol. The summed E-state index contributed by atoms with van der Waals surface area (Å²) in [7, 11) is 1.97. The molecule has 12 heteroatoms. The molecule has 0 radical (unpaired) electrons. The number of rotatable bonds is 7. The average Bonchev–Trinajstić information content (AvgIpc) is 3.74. The smallest absolute Gasteiger partial charge is 0.550 e. The van der Waals surface area contributed by atoms with Crippen LogP contribution in [-0.4, -0.2) is 43.7 Å². The van der Waals surface area contributed by atoms with Gasteiger partial charge in [-0.2, -0.15) is 26.3 Å². The SMILES string of the molecule is C[C@H](C(=O)[O-])[C@H](c1ccc2c(c1)N(C)C(C1CCN(Cc3cc(C(F)(F)F)ccc3C(F)(F)F)CC1)CO2)C1CC1.[Na+]. The molecule has 2 aromatic rings. The molecule has 0 amide bonds. The molecule has 1 unspecified atom stereocenters. The number of anilines is 1. The van der Waals surface area contributed by atoms with Gasteiger partial charge in [0, 0.05) is 25.5 Å². The van der Waals surface area contributed by atoms with E-state index in [1.807, 2.05) is 25.2 Å². The molecule has 0 N–H and O–H groups in total. The Morgan fingerprint density at radius 1 is 1.00 bits per heavy atom. The Balaban J connectivity index is 0.00000405. The van der Waals surface area contributed by atoms with Gasteiger partial charge in [0.1, 0.15) is 12.4 Å². The van der Waals surface area contributed by atoms with E-state index in [1.54, 1.807) is 11.8 Å². The quantitative estimate of drug-likeness (QED) is 0.359. The van der Waals surface area contributed by atoms with Gasteiger partial charge in [-0.15, -0.1) is 0 Å². The summed E-state index contributed by atoms with van der Waals surface area (Å²) in [6, 6.07) is 7.42. The van der Waals surface area contributed by atoms with Crippen molar-refractivity contribution in [1.29, 1.82) is 0 Å². The summed E-state index contributed by atoms with van der Waals surface area (Å²) in [6.45, 7) is 2.80. The molecule has 3 aliphatic rings. The molecule has 5 nitrogen and oxygen atoms in total. The molecule has 1 aliphatic carbocycles. The Hall–Kier alpha value is -1.95. The topological polar surface area (TPSA) is 55.8 Å². The maximum Gasteiger partial charge on any atom is 1.00 e. The summed E-state index contributed by atoms with van der Waals surface area (Å²) in [5.74, 6) is -0.639. The van der Waals surface area contributed by atoms with Crippen molar-refractivity contribution in [3.63, 3.8) is 0 Å². The van der Waals surface area contributed by atoms with Crippen molar-refractivity contribution in [2.75, 3.05) is 31.6 Å². The van der Waals surface area contributed by atoms with Gasteiger partial charge < -0.3 is 19.5 Å². The number of alkyl halides is 6. The van der Waals surface area contributed by atoms with E-state index < -0.39 is 35.4 Å². The molecule has 2 heterocycles. The van der Waals surface area contributed by atoms with Gasteiger partial charge in [0.25, 0.3) is 0 Å². The summed E-state index contributed by atoms with van der Waals surface area (Å²) in [5, 5.41) is 11.7. The van der Waals surface area contributed by atoms with E-state index in [0.29, 0.717) is 62.4 Å². The third-order valence-electron chi connectivity index (χ3n) is 9.00. The monoisotopic (exact) mass is 606 g/mol. The van der Waals surface area contributed by atoms with E-state index >= 15 is 0 Å². The van der Waals surface area contributed by atoms with Crippen molar-refractivity contribution < 1.29 is 70.5 Å². The summed E-state index contributed by atoms with van der Waals surface area (Å²) >= 11 is 0. The number of hydrogen-bond donors (Lipinski definition) is 0. The fourth-order valence-electron chi connectivity index (χ4n) is 6.54. The van der Waals surface area contributed by atoms with E-state index in [4.69, 9.17) is 4.74 Å². The summed E-state index contributed by atoms with van der Waals surface area (Å²) in [4.78, 5) is 15.6. The van der Waals surface area contributed by atoms with E-state index in [9.17, 15) is 36.2 Å². The predicted octanol–water partition coefficient (Wildman–Crippen LogP) is 2.72. The number of carboxylic acids is 1. The van der Waals surface area contributed by atoms with Crippen molar-refractivity contribution in [2.45, 2.75) is 63.5 Å². The summed E-state index contributed by atoms with van der Waals surface area (Å²) in [6.07, 6.45) is -6.20. The van der Waals surface area contributed by atoms with Crippen molar-refractivity contribution in [1.82, 2.24) is 4.90 Å². The molecule has 2 aromatic carbocycles. The molecular formula is C30H33F6N2NaO3. The van der Waals surface area contributed by atoms with Crippen LogP contribution in [0.3, 0.4) is 0 Å². The Morgan fingerprint density at radius 2 is 1.67 bits per heavy atom. The standard InChI is InChI=1S/C30H34F6N2O3.Na/c1-17(28(39)40)27(19-3-4-19)20-5-8-26-24(14-20)37(2)25(16-41-26)18-9-11-38(12-10-18)15-21-13-22(29(31,32)33)6-7-23(21)30(34,35)36;/h5-8,13-14,17-19,25,27H,3-4,9-12,15-16H2,1-2H3,(H,39,40);/q;+1/p-1/t17-,25?,27-;/m0./s1. The van der Waals surface area contributed by atoms with Crippen LogP contribution in [0.5, 0.6) is 5.75 Å². The van der Waals surface area contributed by atoms with Crippen LogP contribution in [0, 0.1) is 17.8 Å². The van der Waals surface area contributed by atoms with Crippen LogP contribution < -0.4 is 44.3 Å². The number of carbonyl (C=O) groups excluding carboxylic acids is 1. The number of carboxylic acid groups (broad SMARTS) is 1. The van der Waals surface area contributed by atoms with Crippen molar-refractivity contribution >= 4 is 11.7 Å². The minimum atomic E-state index is -4.75. The van der Waals surface area contributed by atoms with Gasteiger partial charge in [0.15, 0.2) is 0 Å². The number of hydrogen-bond acceptors (Lipinski definition) is 5. The zero-order valence-electron chi connectivity index (χ0n) is 23.9. The zero-order chi connectivity index (χ0) is 29.7. The first-order valence-electron chi connectivity index (χ1n) is 13.9. The fraction of sp³-hybridized carbons (Fsp3) is 0.567. The fourth-order valence-corrected chi connectivity index (χ4v) is 6.54. The van der Waals surface area contributed by atoms with Crippen LogP contribution in [-0.2, 0) is 23.7 Å². The van der Waals surface area contributed by atoms with E-state index in [0.717, 1.165) is 24.1 Å². The van der Waals surface area contributed by atoms with Gasteiger partial charge in [0.2, 0.25) is 0 Å². The number of piperidine rings is 1. The molecule has 224 valence electrons. The van der Waals surface area contributed by atoms with Crippen LogP contribution in [0.4, 0.5) is 32.0 Å². The van der Waals surface area contributed by atoms with Crippen LogP contribution >= 0.6 is 0 Å². The second-order valence-corrected chi connectivity index (χ2v) is 11.7. The first-order valence-corrected chi connectivity index (χ1v) is 13.9. The number of halogens is 6. The van der Waals surface area contributed by atoms with Crippen molar-refractivity contribution in [2.24, 2.45) is 17.8 Å². The van der Waals surface area contributed by atoms with E-state index in [2.05, 4.69) is 4.90 Å². The Labute approximate surface area is 263 Å². The second-order valence-electron chi connectivity index (χ2n) is 11.7. The minimum absolute atomic E-state index is 0. The van der Waals surface area contributed by atoms with Gasteiger partial charge in [-0.25, -0.2) is 0 Å². The summed E-state index contributed by atoms with van der Waals surface area (Å²) in [5.41, 5.74) is -0.696. The van der Waals surface area contributed by atoms with Gasteiger partial charge >= 0.3 is 41.9 Å². The Kier molecular flexibility index (Phi) is 9.87.